The summed E-state index contributed by atoms with van der Waals surface area (Å²) in [6.07, 6.45) is -5.30. The maximum absolute atomic E-state index is 12.3. The third-order valence-corrected chi connectivity index (χ3v) is 6.83. The maximum Gasteiger partial charge on any atom is 0.407 e. The Morgan fingerprint density at radius 1 is 0.500 bits per heavy atom. The summed E-state index contributed by atoms with van der Waals surface area (Å²) in [5.41, 5.74) is -0.389. The van der Waals surface area contributed by atoms with Crippen molar-refractivity contribution in [3.05, 3.63) is 36.5 Å². The molecular weight excluding hydrogens is 770 g/mol. The average Bonchev–Trinajstić information content (AvgIpc) is 3.12. The highest BCUT2D eigenvalue weighted by atomic mass is 16.6. The number of alkyl carbamates (subject to hydrolysis) is 3. The predicted octanol–water partition coefficient (Wildman–Crippen LogP) is 2.12. The average molecular weight is 834 g/mol. The topological polar surface area (TPSA) is 251 Å². The van der Waals surface area contributed by atoms with Crippen molar-refractivity contribution in [2.75, 3.05) is 92.3 Å². The number of carbonyl (C=O) groups is 6. The fraction of sp³-hybridized carbons (Fsp3) is 0.684. The highest BCUT2D eigenvalue weighted by Gasteiger charge is 2.34. The van der Waals surface area contributed by atoms with E-state index in [9.17, 15) is 33.9 Å². The predicted molar refractivity (Wildman–Crippen MR) is 207 cm³/mol. The van der Waals surface area contributed by atoms with Crippen LogP contribution in [0.2, 0.25) is 0 Å². The molecule has 4 atom stereocenters. The fourth-order valence-corrected chi connectivity index (χ4v) is 4.06. The summed E-state index contributed by atoms with van der Waals surface area (Å²) >= 11 is 0. The Labute approximate surface area is 340 Å². The van der Waals surface area contributed by atoms with Crippen LogP contribution in [-0.4, -0.2) is 158 Å². The number of esters is 3. The first kappa shape index (κ1) is 53.2. The van der Waals surface area contributed by atoms with E-state index in [0.29, 0.717) is 0 Å². The van der Waals surface area contributed by atoms with Gasteiger partial charge in [0.25, 0.3) is 0 Å². The lowest BCUT2D eigenvalue weighted by molar-refractivity contribution is -0.139. The molecule has 0 aliphatic heterocycles. The number of aliphatic hydroxyl groups excluding tert-OH is 1. The Hall–Kier alpha value is -4.76. The lowest BCUT2D eigenvalue weighted by Crippen LogP contribution is -2.44. The monoisotopic (exact) mass is 833 g/mol. The molecule has 0 radical (unpaired) electrons. The van der Waals surface area contributed by atoms with Crippen LogP contribution in [0.4, 0.5) is 14.4 Å². The second-order valence-corrected chi connectivity index (χ2v) is 13.6. The highest BCUT2D eigenvalue weighted by Crippen LogP contribution is 2.22. The molecule has 20 heteroatoms. The van der Waals surface area contributed by atoms with Crippen LogP contribution in [0.3, 0.4) is 0 Å². The molecule has 58 heavy (non-hydrogen) atoms. The molecule has 0 saturated heterocycles. The number of amides is 3. The number of nitrogens with one attached hydrogen (secondary N) is 3. The Balaban J connectivity index is 5.49. The van der Waals surface area contributed by atoms with Crippen molar-refractivity contribution in [1.29, 1.82) is 0 Å². The molecule has 0 heterocycles. The van der Waals surface area contributed by atoms with Gasteiger partial charge in [-0.2, -0.15) is 0 Å². The van der Waals surface area contributed by atoms with Crippen molar-refractivity contribution in [3.8, 4) is 0 Å². The molecule has 0 aliphatic carbocycles. The molecule has 0 rings (SSSR count). The summed E-state index contributed by atoms with van der Waals surface area (Å²) in [6.45, 7) is 20.6. The van der Waals surface area contributed by atoms with Gasteiger partial charge in [-0.25, -0.2) is 28.8 Å². The standard InChI is InChI=1S/C38H63N3O17/c1-25(2)32(43)53-14-11-39-35(46)56-29(8)18-50-22-38(21-49-17-28(7)42,23-51-19-30(9)57-36(47)40-12-15-54-33(44)26(3)4)24-52-20-31(10)58-37(48)41-13-16-55-34(45)27(5)6/h28-31,42H,1,3,5,11-24H2,2,4,6-10H3,(H,39,46)(H,40,47)(H,41,48). The van der Waals surface area contributed by atoms with Gasteiger partial charge in [-0.05, 0) is 48.5 Å². The summed E-state index contributed by atoms with van der Waals surface area (Å²) in [6, 6.07) is 0. The summed E-state index contributed by atoms with van der Waals surface area (Å²) in [5.74, 6) is -1.76. The zero-order chi connectivity index (χ0) is 44.1. The normalized spacial score (nSPS) is 13.9. The first-order chi connectivity index (χ1) is 27.3. The molecule has 0 aliphatic rings. The number of hydrogen-bond donors (Lipinski definition) is 4. The Bertz CT molecular complexity index is 1190. The number of rotatable bonds is 31. The van der Waals surface area contributed by atoms with Crippen molar-refractivity contribution >= 4 is 36.2 Å². The van der Waals surface area contributed by atoms with Crippen LogP contribution in [0.25, 0.3) is 0 Å². The molecule has 4 unspecified atom stereocenters. The molecular formula is C38H63N3O17. The minimum Gasteiger partial charge on any atom is -0.460 e. The molecule has 0 bridgehead atoms. The molecule has 0 aromatic rings. The number of hydrogen-bond acceptors (Lipinski definition) is 17. The van der Waals surface area contributed by atoms with Gasteiger partial charge in [0, 0.05) is 16.7 Å². The summed E-state index contributed by atoms with van der Waals surface area (Å²) in [4.78, 5) is 71.3. The van der Waals surface area contributed by atoms with Crippen LogP contribution in [-0.2, 0) is 61.8 Å². The third-order valence-electron chi connectivity index (χ3n) is 6.83. The SMILES string of the molecule is C=C(C)C(=O)OCCNC(=O)OC(C)COCC(COCC(C)O)(COCC(C)OC(=O)NCCOC(=O)C(=C)C)COCC(C)OC(=O)NCCOC(=O)C(=C)C. The maximum atomic E-state index is 12.3. The van der Waals surface area contributed by atoms with E-state index in [1.807, 2.05) is 0 Å². The van der Waals surface area contributed by atoms with Crippen molar-refractivity contribution in [2.24, 2.45) is 5.41 Å². The zero-order valence-corrected chi connectivity index (χ0v) is 34.8. The second-order valence-electron chi connectivity index (χ2n) is 13.6. The van der Waals surface area contributed by atoms with Gasteiger partial charge in [0.15, 0.2) is 0 Å². The Morgan fingerprint density at radius 3 is 1.00 bits per heavy atom. The molecule has 332 valence electrons. The van der Waals surface area contributed by atoms with E-state index >= 15 is 0 Å². The van der Waals surface area contributed by atoms with Gasteiger partial charge in [-0.15, -0.1) is 0 Å². The molecule has 0 fully saturated rings. The van der Waals surface area contributed by atoms with Crippen molar-refractivity contribution in [3.63, 3.8) is 0 Å². The van der Waals surface area contributed by atoms with E-state index in [-0.39, 0.29) is 109 Å². The van der Waals surface area contributed by atoms with Crippen molar-refractivity contribution in [2.45, 2.75) is 72.9 Å². The molecule has 0 aromatic heterocycles. The zero-order valence-electron chi connectivity index (χ0n) is 34.8. The third kappa shape index (κ3) is 27.8. The van der Waals surface area contributed by atoms with Gasteiger partial charge in [-0.3, -0.25) is 0 Å². The van der Waals surface area contributed by atoms with Gasteiger partial charge in [-0.1, -0.05) is 19.7 Å². The summed E-state index contributed by atoms with van der Waals surface area (Å²) in [7, 11) is 0. The minimum absolute atomic E-state index is 0.00713. The van der Waals surface area contributed by atoms with Gasteiger partial charge in [0.1, 0.15) is 38.1 Å². The van der Waals surface area contributed by atoms with Crippen LogP contribution >= 0.6 is 0 Å². The number of aliphatic hydroxyl groups is 1. The number of ether oxygens (including phenoxy) is 10. The van der Waals surface area contributed by atoms with E-state index < -0.39 is 66.0 Å². The largest absolute Gasteiger partial charge is 0.460 e. The van der Waals surface area contributed by atoms with Gasteiger partial charge in [0.05, 0.1) is 84.0 Å². The highest BCUT2D eigenvalue weighted by molar-refractivity contribution is 5.87. The molecule has 20 nitrogen and oxygen atoms in total. The summed E-state index contributed by atoms with van der Waals surface area (Å²) in [5, 5.41) is 17.3. The Morgan fingerprint density at radius 2 is 0.759 bits per heavy atom. The molecule has 0 saturated carbocycles. The van der Waals surface area contributed by atoms with Crippen LogP contribution in [0.1, 0.15) is 48.5 Å². The first-order valence-corrected chi connectivity index (χ1v) is 18.6. The smallest absolute Gasteiger partial charge is 0.407 e. The van der Waals surface area contributed by atoms with Crippen LogP contribution < -0.4 is 16.0 Å². The van der Waals surface area contributed by atoms with E-state index in [1.54, 1.807) is 27.7 Å². The van der Waals surface area contributed by atoms with Gasteiger partial charge in [0.2, 0.25) is 0 Å². The van der Waals surface area contributed by atoms with Crippen LogP contribution in [0.5, 0.6) is 0 Å². The Kier molecular flexibility index (Phi) is 27.8. The first-order valence-electron chi connectivity index (χ1n) is 18.6. The lowest BCUT2D eigenvalue weighted by atomic mass is 9.92. The molecule has 3 amide bonds. The fourth-order valence-electron chi connectivity index (χ4n) is 4.06. The van der Waals surface area contributed by atoms with Crippen LogP contribution in [0.15, 0.2) is 36.5 Å². The van der Waals surface area contributed by atoms with E-state index in [1.165, 1.54) is 20.8 Å². The van der Waals surface area contributed by atoms with Crippen LogP contribution in [0, 0.1) is 5.41 Å². The second kappa shape index (κ2) is 30.3. The van der Waals surface area contributed by atoms with Crippen molar-refractivity contribution in [1.82, 2.24) is 16.0 Å². The quantitative estimate of drug-likeness (QED) is 0.0338. The number of carbonyl (C=O) groups excluding carboxylic acids is 6. The minimum atomic E-state index is -1.06. The van der Waals surface area contributed by atoms with Crippen molar-refractivity contribution < 1.29 is 81.2 Å². The van der Waals surface area contributed by atoms with E-state index in [4.69, 9.17) is 47.4 Å². The van der Waals surface area contributed by atoms with Gasteiger partial charge < -0.3 is 68.4 Å². The molecule has 0 aromatic carbocycles. The molecule has 4 N–H and O–H groups in total. The van der Waals surface area contributed by atoms with Gasteiger partial charge >= 0.3 is 36.2 Å². The molecule has 0 spiro atoms. The van der Waals surface area contributed by atoms with E-state index in [0.717, 1.165) is 0 Å². The summed E-state index contributed by atoms with van der Waals surface area (Å²) < 4.78 is 54.4. The lowest BCUT2D eigenvalue weighted by Gasteiger charge is -2.34. The van der Waals surface area contributed by atoms with E-state index in [2.05, 4.69) is 35.7 Å².